The van der Waals surface area contributed by atoms with Gasteiger partial charge in [0.15, 0.2) is 0 Å². The minimum absolute atomic E-state index is 0.0107. The Morgan fingerprint density at radius 2 is 1.71 bits per heavy atom. The number of hydrogen-bond donors (Lipinski definition) is 1. The number of sulfonamides is 1. The van der Waals surface area contributed by atoms with Gasteiger partial charge in [-0.15, -0.1) is 0 Å². The van der Waals surface area contributed by atoms with Gasteiger partial charge in [-0.25, -0.2) is 17.6 Å². The molecule has 2 aromatic carbocycles. The molecule has 0 saturated carbocycles. The van der Waals surface area contributed by atoms with Crippen molar-refractivity contribution < 1.29 is 22.5 Å². The number of urea groups is 1. The molecule has 1 aliphatic heterocycles. The Morgan fingerprint density at radius 1 is 1.07 bits per heavy atom. The lowest BCUT2D eigenvalue weighted by atomic mass is 10.3. The van der Waals surface area contributed by atoms with Crippen LogP contribution in [0.1, 0.15) is 0 Å². The summed E-state index contributed by atoms with van der Waals surface area (Å²) in [5.74, 6) is -0.526. The summed E-state index contributed by atoms with van der Waals surface area (Å²) in [7, 11) is -3.77. The number of piperazine rings is 1. The Bertz CT molecular complexity index is 989. The van der Waals surface area contributed by atoms with Crippen LogP contribution in [0.15, 0.2) is 53.4 Å². The molecule has 0 aliphatic carbocycles. The fourth-order valence-electron chi connectivity index (χ4n) is 2.79. The van der Waals surface area contributed by atoms with Crippen molar-refractivity contribution in [2.75, 3.05) is 31.5 Å². The summed E-state index contributed by atoms with van der Waals surface area (Å²) in [6.07, 6.45) is 0. The molecule has 28 heavy (non-hydrogen) atoms. The summed E-state index contributed by atoms with van der Waals surface area (Å²) in [6.45, 7) is 0.479. The topological polar surface area (TPSA) is 113 Å². The van der Waals surface area contributed by atoms with E-state index in [2.05, 4.69) is 5.32 Å². The van der Waals surface area contributed by atoms with Crippen LogP contribution in [0.4, 0.5) is 20.6 Å². The number of carbonyl (C=O) groups excluding carboxylic acids is 1. The molecule has 3 rings (SSSR count). The van der Waals surface area contributed by atoms with Crippen molar-refractivity contribution >= 4 is 27.4 Å². The van der Waals surface area contributed by atoms with Gasteiger partial charge < -0.3 is 10.2 Å². The van der Waals surface area contributed by atoms with E-state index in [1.54, 1.807) is 0 Å². The monoisotopic (exact) mass is 408 g/mol. The summed E-state index contributed by atoms with van der Waals surface area (Å²) >= 11 is 0. The van der Waals surface area contributed by atoms with Crippen molar-refractivity contribution in [1.82, 2.24) is 9.21 Å². The van der Waals surface area contributed by atoms with Crippen LogP contribution in [-0.2, 0) is 10.0 Å². The van der Waals surface area contributed by atoms with Crippen LogP contribution in [0.2, 0.25) is 0 Å². The zero-order chi connectivity index (χ0) is 20.3. The van der Waals surface area contributed by atoms with Gasteiger partial charge in [0, 0.05) is 44.0 Å². The van der Waals surface area contributed by atoms with Crippen molar-refractivity contribution in [3.63, 3.8) is 0 Å². The molecule has 0 spiro atoms. The molecular formula is C17H17FN4O5S. The first-order valence-corrected chi connectivity index (χ1v) is 9.77. The van der Waals surface area contributed by atoms with Crippen LogP contribution < -0.4 is 5.32 Å². The number of hydrogen-bond acceptors (Lipinski definition) is 5. The van der Waals surface area contributed by atoms with Gasteiger partial charge >= 0.3 is 6.03 Å². The van der Waals surface area contributed by atoms with Gasteiger partial charge in [-0.3, -0.25) is 10.1 Å². The van der Waals surface area contributed by atoms with Crippen LogP contribution in [0.3, 0.4) is 0 Å². The van der Waals surface area contributed by atoms with Gasteiger partial charge in [-0.1, -0.05) is 6.07 Å². The normalized spacial score (nSPS) is 15.2. The summed E-state index contributed by atoms with van der Waals surface area (Å²) in [6, 6.07) is 9.63. The largest absolute Gasteiger partial charge is 0.322 e. The van der Waals surface area contributed by atoms with Crippen molar-refractivity contribution in [2.24, 2.45) is 0 Å². The van der Waals surface area contributed by atoms with Gasteiger partial charge in [-0.2, -0.15) is 4.31 Å². The Balaban J connectivity index is 1.62. The Morgan fingerprint density at radius 3 is 2.32 bits per heavy atom. The molecule has 0 radical (unpaired) electrons. The summed E-state index contributed by atoms with van der Waals surface area (Å²) in [5, 5.41) is 13.4. The van der Waals surface area contributed by atoms with Gasteiger partial charge in [0.25, 0.3) is 5.69 Å². The number of nitrogens with zero attached hydrogens (tertiary/aromatic N) is 3. The minimum Gasteiger partial charge on any atom is -0.322 e. The van der Waals surface area contributed by atoms with Crippen molar-refractivity contribution in [3.05, 3.63) is 64.5 Å². The highest BCUT2D eigenvalue weighted by molar-refractivity contribution is 7.89. The molecule has 2 amide bonds. The first-order chi connectivity index (χ1) is 13.3. The number of nitro benzene ring substituents is 1. The molecule has 0 unspecified atom stereocenters. The van der Waals surface area contributed by atoms with E-state index in [-0.39, 0.29) is 42.4 Å². The Labute approximate surface area is 160 Å². The number of carbonyl (C=O) groups is 1. The molecular weight excluding hydrogens is 391 g/mol. The molecule has 1 fully saturated rings. The third-order valence-electron chi connectivity index (χ3n) is 4.29. The highest BCUT2D eigenvalue weighted by Crippen LogP contribution is 2.20. The molecule has 0 bridgehead atoms. The lowest BCUT2D eigenvalue weighted by molar-refractivity contribution is -0.384. The second kappa shape index (κ2) is 7.90. The maximum atomic E-state index is 13.0. The Hall–Kier alpha value is -3.05. The van der Waals surface area contributed by atoms with E-state index < -0.39 is 26.8 Å². The SMILES string of the molecule is O=C(Nc1cccc([N+](=O)[O-])c1)N1CCN(S(=O)(=O)c2ccc(F)cc2)CC1. The van der Waals surface area contributed by atoms with E-state index in [0.717, 1.165) is 12.1 Å². The van der Waals surface area contributed by atoms with Crippen LogP contribution in [0.25, 0.3) is 0 Å². The van der Waals surface area contributed by atoms with E-state index >= 15 is 0 Å². The van der Waals surface area contributed by atoms with Gasteiger partial charge in [-0.05, 0) is 30.3 Å². The molecule has 0 atom stereocenters. The molecule has 2 aromatic rings. The molecule has 0 aromatic heterocycles. The summed E-state index contributed by atoms with van der Waals surface area (Å²) in [5.41, 5.74) is 0.133. The van der Waals surface area contributed by atoms with Gasteiger partial charge in [0.05, 0.1) is 9.82 Å². The van der Waals surface area contributed by atoms with Crippen LogP contribution in [0.5, 0.6) is 0 Å². The molecule has 148 valence electrons. The number of halogens is 1. The van der Waals surface area contributed by atoms with Crippen LogP contribution in [-0.4, -0.2) is 54.8 Å². The Kier molecular flexibility index (Phi) is 5.56. The number of non-ortho nitro benzene ring substituents is 1. The summed E-state index contributed by atoms with van der Waals surface area (Å²) < 4.78 is 39.4. The first-order valence-electron chi connectivity index (χ1n) is 8.33. The lowest BCUT2D eigenvalue weighted by Gasteiger charge is -2.34. The number of amides is 2. The smallest absolute Gasteiger partial charge is 0.321 e. The standard InChI is InChI=1S/C17H17FN4O5S/c18-13-4-6-16(7-5-13)28(26,27)21-10-8-20(9-11-21)17(23)19-14-2-1-3-15(12-14)22(24)25/h1-7,12H,8-11H2,(H,19,23). The van der Waals surface area contributed by atoms with E-state index in [1.807, 2.05) is 0 Å². The molecule has 1 heterocycles. The predicted molar refractivity (Wildman–Crippen MR) is 98.8 cm³/mol. The second-order valence-corrected chi connectivity index (χ2v) is 8.02. The van der Waals surface area contributed by atoms with Crippen molar-refractivity contribution in [1.29, 1.82) is 0 Å². The van der Waals surface area contributed by atoms with E-state index in [9.17, 15) is 27.7 Å². The van der Waals surface area contributed by atoms with Gasteiger partial charge in [0.2, 0.25) is 10.0 Å². The maximum absolute atomic E-state index is 13.0. The number of anilines is 1. The van der Waals surface area contributed by atoms with Crippen LogP contribution in [0, 0.1) is 15.9 Å². The van der Waals surface area contributed by atoms with Crippen molar-refractivity contribution in [2.45, 2.75) is 4.90 Å². The molecule has 1 aliphatic rings. The molecule has 1 N–H and O–H groups in total. The second-order valence-electron chi connectivity index (χ2n) is 6.08. The fourth-order valence-corrected chi connectivity index (χ4v) is 4.21. The first kappa shape index (κ1) is 19.7. The molecule has 11 heteroatoms. The number of benzene rings is 2. The highest BCUT2D eigenvalue weighted by atomic mass is 32.2. The number of nitrogens with one attached hydrogen (secondary N) is 1. The third kappa shape index (κ3) is 4.26. The quantitative estimate of drug-likeness (QED) is 0.616. The number of nitro groups is 1. The maximum Gasteiger partial charge on any atom is 0.321 e. The van der Waals surface area contributed by atoms with Crippen LogP contribution >= 0.6 is 0 Å². The third-order valence-corrected chi connectivity index (χ3v) is 6.20. The zero-order valence-electron chi connectivity index (χ0n) is 14.6. The number of rotatable bonds is 4. The molecule has 9 nitrogen and oxygen atoms in total. The predicted octanol–water partition coefficient (Wildman–Crippen LogP) is 2.27. The van der Waals surface area contributed by atoms with E-state index in [4.69, 9.17) is 0 Å². The average molecular weight is 408 g/mol. The summed E-state index contributed by atoms with van der Waals surface area (Å²) in [4.78, 5) is 24.0. The average Bonchev–Trinajstić information content (AvgIpc) is 2.68. The fraction of sp³-hybridized carbons (Fsp3) is 0.235. The van der Waals surface area contributed by atoms with Gasteiger partial charge in [0.1, 0.15) is 5.82 Å². The highest BCUT2D eigenvalue weighted by Gasteiger charge is 2.30. The minimum atomic E-state index is -3.77. The molecule has 1 saturated heterocycles. The van der Waals surface area contributed by atoms with Crippen molar-refractivity contribution in [3.8, 4) is 0 Å². The lowest BCUT2D eigenvalue weighted by Crippen LogP contribution is -2.51. The zero-order valence-corrected chi connectivity index (χ0v) is 15.4. The van der Waals surface area contributed by atoms with E-state index in [1.165, 1.54) is 45.6 Å². The van der Waals surface area contributed by atoms with E-state index in [0.29, 0.717) is 0 Å².